The fourth-order valence-electron chi connectivity index (χ4n) is 3.46. The van der Waals surface area contributed by atoms with E-state index in [1.165, 1.54) is 31.0 Å². The van der Waals surface area contributed by atoms with Crippen LogP contribution in [0.3, 0.4) is 0 Å². The molecule has 1 fully saturated rings. The number of carboxylic acid groups (broad SMARTS) is 1. The van der Waals surface area contributed by atoms with Gasteiger partial charge in [-0.05, 0) is 59.7 Å². The number of ether oxygens (including phenoxy) is 1. The first-order valence-corrected chi connectivity index (χ1v) is 9.74. The predicted molar refractivity (Wildman–Crippen MR) is 103 cm³/mol. The number of carbonyl (C=O) groups excluding carboxylic acids is 1. The number of amides is 1. The molecule has 0 bridgehead atoms. The van der Waals surface area contributed by atoms with E-state index < -0.39 is 11.8 Å². The summed E-state index contributed by atoms with van der Waals surface area (Å²) in [4.78, 5) is 23.7. The van der Waals surface area contributed by atoms with Gasteiger partial charge in [0.05, 0.1) is 12.3 Å². The number of anilines is 1. The molecule has 2 atom stereocenters. The van der Waals surface area contributed by atoms with E-state index in [0.717, 1.165) is 12.0 Å². The molecule has 6 nitrogen and oxygen atoms in total. The van der Waals surface area contributed by atoms with Crippen molar-refractivity contribution in [3.63, 3.8) is 0 Å². The van der Waals surface area contributed by atoms with E-state index in [4.69, 9.17) is 4.74 Å². The molecule has 2 aliphatic rings. The predicted octanol–water partition coefficient (Wildman–Crippen LogP) is 3.78. The van der Waals surface area contributed by atoms with Gasteiger partial charge in [-0.15, -0.1) is 0 Å². The quantitative estimate of drug-likeness (QED) is 0.638. The summed E-state index contributed by atoms with van der Waals surface area (Å²) in [6, 6.07) is 7.92. The lowest BCUT2D eigenvalue weighted by Gasteiger charge is -2.21. The molecular weight excluding hydrogens is 383 g/mol. The molecule has 28 heavy (non-hydrogen) atoms. The van der Waals surface area contributed by atoms with Crippen LogP contribution in [0.1, 0.15) is 40.7 Å². The van der Waals surface area contributed by atoms with Crippen LogP contribution < -0.4 is 14.8 Å². The minimum atomic E-state index is -1.06. The zero-order valence-electron chi connectivity index (χ0n) is 15.1. The van der Waals surface area contributed by atoms with E-state index in [2.05, 4.69) is 10.0 Å². The van der Waals surface area contributed by atoms with Crippen molar-refractivity contribution in [2.45, 2.75) is 30.7 Å². The highest BCUT2D eigenvalue weighted by Gasteiger charge is 2.45. The van der Waals surface area contributed by atoms with Crippen molar-refractivity contribution in [1.29, 1.82) is 0 Å². The molecule has 0 saturated heterocycles. The maximum absolute atomic E-state index is 13.6. The van der Waals surface area contributed by atoms with Crippen molar-refractivity contribution < 1.29 is 23.8 Å². The largest absolute Gasteiger partial charge is 0.492 e. The number of hydrogen-bond donors (Lipinski definition) is 3. The minimum absolute atomic E-state index is 0.112. The van der Waals surface area contributed by atoms with Crippen LogP contribution in [0.5, 0.6) is 5.75 Å². The lowest BCUT2D eigenvalue weighted by Crippen LogP contribution is -2.19. The maximum atomic E-state index is 13.6. The van der Waals surface area contributed by atoms with Gasteiger partial charge in [0.2, 0.25) is 5.91 Å². The maximum Gasteiger partial charge on any atom is 0.341 e. The van der Waals surface area contributed by atoms with Gasteiger partial charge in [0.15, 0.2) is 0 Å². The lowest BCUT2D eigenvalue weighted by molar-refractivity contribution is -0.119. The fourth-order valence-corrected chi connectivity index (χ4v) is 4.25. The van der Waals surface area contributed by atoms with E-state index in [1.54, 1.807) is 12.1 Å². The van der Waals surface area contributed by atoms with Crippen molar-refractivity contribution in [3.05, 3.63) is 52.8 Å². The molecule has 1 heterocycles. The van der Waals surface area contributed by atoms with Crippen molar-refractivity contribution in [2.75, 3.05) is 11.3 Å². The molecule has 1 aliphatic heterocycles. The van der Waals surface area contributed by atoms with Crippen LogP contribution in [-0.2, 0) is 11.3 Å². The Morgan fingerprint density at radius 1 is 1.32 bits per heavy atom. The van der Waals surface area contributed by atoms with Gasteiger partial charge in [0.1, 0.15) is 17.1 Å². The second kappa shape index (κ2) is 7.35. The van der Waals surface area contributed by atoms with Gasteiger partial charge < -0.3 is 19.9 Å². The fraction of sp³-hybridized carbons (Fsp3) is 0.300. The summed E-state index contributed by atoms with van der Waals surface area (Å²) in [6.45, 7) is 2.12. The molecule has 2 unspecified atom stereocenters. The van der Waals surface area contributed by atoms with Crippen LogP contribution in [0.25, 0.3) is 0 Å². The number of benzene rings is 2. The van der Waals surface area contributed by atoms with E-state index in [9.17, 15) is 19.1 Å². The van der Waals surface area contributed by atoms with E-state index in [1.807, 2.05) is 6.07 Å². The molecule has 2 aromatic rings. The van der Waals surface area contributed by atoms with Crippen molar-refractivity contribution in [2.24, 2.45) is 5.92 Å². The zero-order valence-corrected chi connectivity index (χ0v) is 15.9. The van der Waals surface area contributed by atoms with Gasteiger partial charge in [0, 0.05) is 24.3 Å². The summed E-state index contributed by atoms with van der Waals surface area (Å²) in [5.74, 6) is -0.350. The van der Waals surface area contributed by atoms with E-state index >= 15 is 0 Å². The van der Waals surface area contributed by atoms with Gasteiger partial charge >= 0.3 is 5.97 Å². The monoisotopic (exact) mass is 402 g/mol. The Bertz CT molecular complexity index is 965. The first-order valence-electron chi connectivity index (χ1n) is 8.92. The van der Waals surface area contributed by atoms with Crippen LogP contribution in [0.15, 0.2) is 35.2 Å². The first kappa shape index (κ1) is 18.6. The SMILES string of the molecule is CC(=O)NCc1cc(F)ccc1SNc1ccc2c(c1C(=O)O)OCC1CC21. The normalized spacial score (nSPS) is 19.1. The third-order valence-electron chi connectivity index (χ3n) is 4.99. The van der Waals surface area contributed by atoms with Crippen molar-refractivity contribution in [1.82, 2.24) is 5.32 Å². The highest BCUT2D eigenvalue weighted by molar-refractivity contribution is 8.00. The Kier molecular flexibility index (Phi) is 4.89. The Morgan fingerprint density at radius 3 is 2.89 bits per heavy atom. The van der Waals surface area contributed by atoms with E-state index in [0.29, 0.717) is 40.3 Å². The Balaban J connectivity index is 1.59. The van der Waals surface area contributed by atoms with Gasteiger partial charge in [-0.3, -0.25) is 4.79 Å². The Labute approximate surface area is 165 Å². The van der Waals surface area contributed by atoms with Crippen molar-refractivity contribution >= 4 is 29.5 Å². The summed E-state index contributed by atoms with van der Waals surface area (Å²) < 4.78 is 22.4. The average Bonchev–Trinajstić information content (AvgIpc) is 3.44. The molecule has 8 heteroatoms. The number of fused-ring (bicyclic) bond motifs is 3. The molecule has 0 aromatic heterocycles. The number of carboxylic acids is 1. The smallest absolute Gasteiger partial charge is 0.341 e. The number of rotatable bonds is 6. The van der Waals surface area contributed by atoms with Crippen LogP contribution >= 0.6 is 11.9 Å². The highest BCUT2D eigenvalue weighted by atomic mass is 32.2. The van der Waals surface area contributed by atoms with Gasteiger partial charge in [-0.2, -0.15) is 0 Å². The standard InChI is InChI=1S/C20H19FN2O4S/c1-10(24)22-8-11-6-13(21)2-5-17(11)28-23-16-4-3-14-15-7-12(15)9-27-19(14)18(16)20(25)26/h2-6,12,15,23H,7-9H2,1H3,(H,22,24)(H,25,26). The second-order valence-corrected chi connectivity index (χ2v) is 7.84. The number of aromatic carboxylic acids is 1. The van der Waals surface area contributed by atoms with Gasteiger partial charge in [-0.25, -0.2) is 9.18 Å². The third-order valence-corrected chi connectivity index (χ3v) is 5.93. The molecule has 0 radical (unpaired) electrons. The summed E-state index contributed by atoms with van der Waals surface area (Å²) in [5, 5.41) is 12.4. The third kappa shape index (κ3) is 3.64. The van der Waals surface area contributed by atoms with Crippen LogP contribution in [0.2, 0.25) is 0 Å². The average molecular weight is 402 g/mol. The summed E-state index contributed by atoms with van der Waals surface area (Å²) in [5.41, 5.74) is 2.09. The summed E-state index contributed by atoms with van der Waals surface area (Å²) >= 11 is 1.17. The number of nitrogens with one attached hydrogen (secondary N) is 2. The van der Waals surface area contributed by atoms with Gasteiger partial charge in [-0.1, -0.05) is 6.07 Å². The molecule has 1 aliphatic carbocycles. The van der Waals surface area contributed by atoms with Crippen LogP contribution in [-0.4, -0.2) is 23.6 Å². The number of carbonyl (C=O) groups is 2. The van der Waals surface area contributed by atoms with Gasteiger partial charge in [0.25, 0.3) is 0 Å². The zero-order chi connectivity index (χ0) is 19.8. The minimum Gasteiger partial charge on any atom is -0.492 e. The molecule has 1 amide bonds. The number of halogens is 1. The summed E-state index contributed by atoms with van der Waals surface area (Å²) in [6.07, 6.45) is 1.04. The highest BCUT2D eigenvalue weighted by Crippen LogP contribution is 2.55. The first-order chi connectivity index (χ1) is 13.4. The molecule has 3 N–H and O–H groups in total. The molecule has 1 saturated carbocycles. The topological polar surface area (TPSA) is 87.7 Å². The second-order valence-electron chi connectivity index (χ2n) is 6.99. The Hall–Kier alpha value is -2.74. The van der Waals surface area contributed by atoms with E-state index in [-0.39, 0.29) is 18.0 Å². The number of hydrogen-bond acceptors (Lipinski definition) is 5. The molecule has 2 aromatic carbocycles. The molecule has 4 rings (SSSR count). The molecular formula is C20H19FN2O4S. The summed E-state index contributed by atoms with van der Waals surface area (Å²) in [7, 11) is 0. The van der Waals surface area contributed by atoms with Crippen LogP contribution in [0, 0.1) is 11.7 Å². The molecule has 146 valence electrons. The Morgan fingerprint density at radius 2 is 2.14 bits per heavy atom. The lowest BCUT2D eigenvalue weighted by atomic mass is 10.0. The van der Waals surface area contributed by atoms with Crippen LogP contribution in [0.4, 0.5) is 10.1 Å². The molecule has 0 spiro atoms. The van der Waals surface area contributed by atoms with Crippen molar-refractivity contribution in [3.8, 4) is 5.75 Å².